The second kappa shape index (κ2) is 12.6. The monoisotopic (exact) mass is 690 g/mol. The lowest BCUT2D eigenvalue weighted by atomic mass is 9.88. The van der Waals surface area contributed by atoms with E-state index in [1.54, 1.807) is 0 Å². The Bertz CT molecular complexity index is 962. The first kappa shape index (κ1) is 40.1. The van der Waals surface area contributed by atoms with Crippen LogP contribution in [0.2, 0.25) is 0 Å². The van der Waals surface area contributed by atoms with Gasteiger partial charge in [-0.15, -0.1) is 0 Å². The molecular formula is C17H14F20N2O4. The van der Waals surface area contributed by atoms with E-state index >= 15 is 0 Å². The van der Waals surface area contributed by atoms with Gasteiger partial charge in [0.05, 0.1) is 13.2 Å². The first-order valence-electron chi connectivity index (χ1n) is 10.4. The Labute approximate surface area is 224 Å². The fraction of sp³-hybridized carbons (Fsp3) is 0.882. The predicted octanol–water partition coefficient (Wildman–Crippen LogP) is 7.49. The molecule has 0 aromatic rings. The van der Waals surface area contributed by atoms with E-state index in [1.165, 1.54) is 10.9 Å². The summed E-state index contributed by atoms with van der Waals surface area (Å²) in [6.07, 6.45) is -22.8. The standard InChI is InChI=1S/C17H14F20N2O4/c18-9(19,3-1-5-42-7(40)38-39-8(41)43-6-2-4-10(20,21)22)11(23,24)12(25,26)13(27,28)14(29,30)15(31,32)16(33,34)17(35,36)37/h1-6H2,(H,38,40)(H,39,41). The normalized spacial score (nSPS) is 14.8. The first-order chi connectivity index (χ1) is 18.7. The van der Waals surface area contributed by atoms with Gasteiger partial charge in [0.15, 0.2) is 0 Å². The molecule has 0 spiro atoms. The lowest BCUT2D eigenvalue weighted by Crippen LogP contribution is -2.74. The molecule has 0 bridgehead atoms. The van der Waals surface area contributed by atoms with Crippen LogP contribution >= 0.6 is 0 Å². The Morgan fingerprint density at radius 3 is 1.07 bits per heavy atom. The molecule has 0 radical (unpaired) electrons. The molecule has 0 aromatic heterocycles. The van der Waals surface area contributed by atoms with Crippen molar-refractivity contribution in [3.63, 3.8) is 0 Å². The maximum atomic E-state index is 13.7. The number of hydrazine groups is 1. The molecule has 0 aliphatic carbocycles. The number of nitrogens with one attached hydrogen (secondary N) is 2. The molecule has 2 N–H and O–H groups in total. The number of amides is 2. The smallest absolute Gasteiger partial charge is 0.448 e. The largest absolute Gasteiger partial charge is 0.460 e. The van der Waals surface area contributed by atoms with E-state index in [9.17, 15) is 97.4 Å². The number of carbonyl (C=O) groups excluding carboxylic acids is 2. The Balaban J connectivity index is 5.39. The van der Waals surface area contributed by atoms with Gasteiger partial charge >= 0.3 is 66.0 Å². The third kappa shape index (κ3) is 8.20. The zero-order valence-corrected chi connectivity index (χ0v) is 19.9. The van der Waals surface area contributed by atoms with Crippen molar-refractivity contribution in [2.24, 2.45) is 0 Å². The van der Waals surface area contributed by atoms with Crippen molar-refractivity contribution in [3.8, 4) is 0 Å². The molecule has 0 saturated heterocycles. The third-order valence-electron chi connectivity index (χ3n) is 4.76. The second-order valence-electron chi connectivity index (χ2n) is 7.99. The Morgan fingerprint density at radius 2 is 0.744 bits per heavy atom. The van der Waals surface area contributed by atoms with Crippen LogP contribution in [0.15, 0.2) is 0 Å². The molecule has 6 nitrogen and oxygen atoms in total. The van der Waals surface area contributed by atoms with Gasteiger partial charge < -0.3 is 9.47 Å². The first-order valence-corrected chi connectivity index (χ1v) is 10.4. The van der Waals surface area contributed by atoms with Crippen molar-refractivity contribution in [1.29, 1.82) is 0 Å². The van der Waals surface area contributed by atoms with Crippen LogP contribution in [0.4, 0.5) is 97.4 Å². The minimum atomic E-state index is -8.75. The highest BCUT2D eigenvalue weighted by molar-refractivity contribution is 5.73. The van der Waals surface area contributed by atoms with Crippen LogP contribution in [0.25, 0.3) is 0 Å². The molecular weight excluding hydrogens is 676 g/mol. The van der Waals surface area contributed by atoms with Gasteiger partial charge in [0, 0.05) is 12.8 Å². The summed E-state index contributed by atoms with van der Waals surface area (Å²) < 4.78 is 268. The van der Waals surface area contributed by atoms with Gasteiger partial charge in [0.25, 0.3) is 0 Å². The number of hydrogen-bond donors (Lipinski definition) is 2. The summed E-state index contributed by atoms with van der Waals surface area (Å²) in [7, 11) is 0. The van der Waals surface area contributed by atoms with Gasteiger partial charge in [-0.25, -0.2) is 20.4 Å². The van der Waals surface area contributed by atoms with Gasteiger partial charge in [0.1, 0.15) is 0 Å². The summed E-state index contributed by atoms with van der Waals surface area (Å²) in [5.41, 5.74) is 2.48. The van der Waals surface area contributed by atoms with Crippen LogP contribution in [0.5, 0.6) is 0 Å². The SMILES string of the molecule is O=C(NNC(=O)OCCCC(F)(F)C(F)(F)C(F)(F)C(F)(F)C(F)(F)C(F)(F)C(F)(F)C(F)(F)F)OCCCC(F)(F)F. The van der Waals surface area contributed by atoms with E-state index in [4.69, 9.17) is 0 Å². The minimum absolute atomic E-state index is 0.745. The van der Waals surface area contributed by atoms with Crippen LogP contribution in [0.3, 0.4) is 0 Å². The highest BCUT2D eigenvalue weighted by Crippen LogP contribution is 2.64. The maximum absolute atomic E-state index is 13.7. The maximum Gasteiger partial charge on any atom is 0.460 e. The average Bonchev–Trinajstić information content (AvgIpc) is 2.81. The topological polar surface area (TPSA) is 76.7 Å². The summed E-state index contributed by atoms with van der Waals surface area (Å²) in [5, 5.41) is 0. The number of ether oxygens (including phenoxy) is 2. The van der Waals surface area contributed by atoms with Crippen LogP contribution in [0.1, 0.15) is 25.7 Å². The highest BCUT2D eigenvalue weighted by atomic mass is 19.4. The molecule has 0 rings (SSSR count). The predicted molar refractivity (Wildman–Crippen MR) is 94.2 cm³/mol. The van der Waals surface area contributed by atoms with E-state index in [0.29, 0.717) is 0 Å². The molecule has 0 heterocycles. The van der Waals surface area contributed by atoms with Gasteiger partial charge in [-0.2, -0.15) is 87.8 Å². The number of alkyl halides is 20. The van der Waals surface area contributed by atoms with Crippen molar-refractivity contribution in [3.05, 3.63) is 0 Å². The highest BCUT2D eigenvalue weighted by Gasteiger charge is 2.95. The van der Waals surface area contributed by atoms with Crippen LogP contribution < -0.4 is 10.9 Å². The van der Waals surface area contributed by atoms with E-state index in [1.807, 2.05) is 0 Å². The molecule has 0 aliphatic heterocycles. The van der Waals surface area contributed by atoms with Crippen LogP contribution in [-0.4, -0.2) is 79.2 Å². The number of hydrogen-bond acceptors (Lipinski definition) is 4. The minimum Gasteiger partial charge on any atom is -0.448 e. The van der Waals surface area contributed by atoms with E-state index in [0.717, 1.165) is 0 Å². The average molecular weight is 690 g/mol. The molecule has 0 unspecified atom stereocenters. The van der Waals surface area contributed by atoms with Gasteiger partial charge in [-0.05, 0) is 12.8 Å². The van der Waals surface area contributed by atoms with E-state index in [2.05, 4.69) is 9.47 Å². The summed E-state index contributed by atoms with van der Waals surface area (Å²) in [4.78, 5) is 22.2. The molecule has 26 heteroatoms. The fourth-order valence-electron chi connectivity index (χ4n) is 2.42. The van der Waals surface area contributed by atoms with Crippen molar-refractivity contribution in [2.45, 2.75) is 79.5 Å². The molecule has 0 saturated carbocycles. The Morgan fingerprint density at radius 1 is 0.442 bits per heavy atom. The summed E-state index contributed by atoms with van der Waals surface area (Å²) >= 11 is 0. The van der Waals surface area contributed by atoms with Gasteiger partial charge in [-0.3, -0.25) is 0 Å². The fourth-order valence-corrected chi connectivity index (χ4v) is 2.42. The quantitative estimate of drug-likeness (QED) is 0.119. The zero-order valence-electron chi connectivity index (χ0n) is 19.9. The van der Waals surface area contributed by atoms with E-state index < -0.39 is 105 Å². The molecule has 256 valence electrons. The van der Waals surface area contributed by atoms with Gasteiger partial charge in [-0.1, -0.05) is 0 Å². The van der Waals surface area contributed by atoms with Crippen LogP contribution in [0, 0.1) is 0 Å². The van der Waals surface area contributed by atoms with Crippen molar-refractivity contribution >= 4 is 12.2 Å². The third-order valence-corrected chi connectivity index (χ3v) is 4.76. The molecule has 0 aliphatic rings. The van der Waals surface area contributed by atoms with Crippen molar-refractivity contribution < 1.29 is 107 Å². The zero-order chi connectivity index (χ0) is 34.7. The summed E-state index contributed by atoms with van der Waals surface area (Å²) in [6.45, 7) is -2.45. The second-order valence-corrected chi connectivity index (χ2v) is 7.99. The van der Waals surface area contributed by atoms with Gasteiger partial charge in [0.2, 0.25) is 0 Å². The number of carbonyl (C=O) groups is 2. The lowest BCUT2D eigenvalue weighted by molar-refractivity contribution is -0.461. The Hall–Kier alpha value is -2.86. The number of rotatable bonds is 13. The Kier molecular flexibility index (Phi) is 11.8. The molecule has 0 atom stereocenters. The molecule has 43 heavy (non-hydrogen) atoms. The molecule has 0 fully saturated rings. The van der Waals surface area contributed by atoms with Crippen molar-refractivity contribution in [1.82, 2.24) is 10.9 Å². The number of halogens is 20. The lowest BCUT2D eigenvalue weighted by Gasteiger charge is -2.42. The molecule has 0 aromatic carbocycles. The van der Waals surface area contributed by atoms with Crippen molar-refractivity contribution in [2.75, 3.05) is 13.2 Å². The van der Waals surface area contributed by atoms with E-state index in [-0.39, 0.29) is 0 Å². The molecule has 2 amide bonds. The summed E-state index contributed by atoms with van der Waals surface area (Å²) in [5.74, 6) is -57.4. The van der Waals surface area contributed by atoms with Crippen LogP contribution in [-0.2, 0) is 9.47 Å². The summed E-state index contributed by atoms with van der Waals surface area (Å²) in [6, 6.07) is 0.